The molecular weight excluding hydrogens is 321 g/mol. The zero-order chi connectivity index (χ0) is 16.7. The smallest absolute Gasteiger partial charge is 0.349 e. The number of nitrogens with two attached hydrogens (primary N) is 1. The minimum atomic E-state index is -3.08. The Bertz CT molecular complexity index is 599. The zero-order valence-electron chi connectivity index (χ0n) is 13.4. The van der Waals surface area contributed by atoms with E-state index in [1.54, 1.807) is 18.7 Å². The third-order valence-electron chi connectivity index (χ3n) is 4.32. The molecule has 1 aliphatic carbocycles. The summed E-state index contributed by atoms with van der Waals surface area (Å²) in [5.41, 5.74) is 5.51. The third-order valence-corrected chi connectivity index (χ3v) is 9.04. The van der Waals surface area contributed by atoms with E-state index in [0.717, 1.165) is 12.8 Å². The van der Waals surface area contributed by atoms with Gasteiger partial charge in [-0.1, -0.05) is 38.4 Å². The molecule has 1 radical (unpaired) electrons. The van der Waals surface area contributed by atoms with E-state index in [4.69, 9.17) is 21.8 Å². The maximum Gasteiger partial charge on any atom is 0.349 e. The van der Waals surface area contributed by atoms with Gasteiger partial charge in [-0.3, -0.25) is 4.79 Å². The lowest BCUT2D eigenvalue weighted by Crippen LogP contribution is -2.57. The predicted molar refractivity (Wildman–Crippen MR) is 89.1 cm³/mol. The predicted octanol–water partition coefficient (Wildman–Crippen LogP) is 4.86. The second-order valence-electron chi connectivity index (χ2n) is 7.03. The van der Waals surface area contributed by atoms with Crippen LogP contribution in [0.25, 0.3) is 0 Å². The molecule has 1 saturated carbocycles. The molecule has 1 amide bonds. The highest BCUT2D eigenvalue weighted by Gasteiger charge is 2.51. The Hall–Kier alpha value is -1.07. The van der Waals surface area contributed by atoms with Gasteiger partial charge in [0.05, 0.1) is 5.02 Å². The van der Waals surface area contributed by atoms with Crippen molar-refractivity contribution in [3.05, 3.63) is 35.0 Å². The highest BCUT2D eigenvalue weighted by Crippen LogP contribution is 2.42. The summed E-state index contributed by atoms with van der Waals surface area (Å²) in [7, 11) is -3.08. The average molecular weight is 343 g/mol. The van der Waals surface area contributed by atoms with Crippen LogP contribution < -0.4 is 10.2 Å². The molecule has 0 aromatic heterocycles. The highest BCUT2D eigenvalue weighted by atomic mass is 35.5. The molecule has 6 heteroatoms. The van der Waals surface area contributed by atoms with E-state index in [1.807, 2.05) is 27.2 Å². The summed E-state index contributed by atoms with van der Waals surface area (Å²) in [5.74, 6) is -0.145. The molecule has 0 saturated heterocycles. The Labute approximate surface area is 137 Å². The summed E-state index contributed by atoms with van der Waals surface area (Å²) < 4.78 is 20.6. The fourth-order valence-electron chi connectivity index (χ4n) is 2.06. The molecule has 0 unspecified atom stereocenters. The lowest BCUT2D eigenvalue weighted by atomic mass is 10.1. The van der Waals surface area contributed by atoms with Crippen LogP contribution in [0.4, 0.5) is 9.18 Å². The van der Waals surface area contributed by atoms with Crippen molar-refractivity contribution >= 4 is 25.4 Å². The third kappa shape index (κ3) is 3.30. The standard InChI is InChI=1S/C16H22ClFNO2Si/c1-16(2,3)22(4,15(19)20)21-14-12(17)8-7-11(13(14)18)9-10-5-6-10/h7-10H,5-6H2,1-4H3,(H2,19,20)/t22-/m0/s1. The van der Waals surface area contributed by atoms with Gasteiger partial charge in [0, 0.05) is 0 Å². The van der Waals surface area contributed by atoms with Crippen LogP contribution in [0, 0.1) is 18.2 Å². The van der Waals surface area contributed by atoms with Crippen LogP contribution in [0.15, 0.2) is 12.1 Å². The number of benzene rings is 1. The molecular formula is C16H22ClFNO2Si. The van der Waals surface area contributed by atoms with E-state index in [1.165, 1.54) is 0 Å². The van der Waals surface area contributed by atoms with Crippen molar-refractivity contribution < 1.29 is 13.6 Å². The van der Waals surface area contributed by atoms with Gasteiger partial charge in [-0.05, 0) is 48.4 Å². The molecule has 0 aliphatic heterocycles. The number of carbonyl (C=O) groups is 1. The van der Waals surface area contributed by atoms with Crippen LogP contribution in [0.5, 0.6) is 5.75 Å². The number of carbonyl (C=O) groups excluding carboxylic acids is 1. The van der Waals surface area contributed by atoms with Crippen molar-refractivity contribution in [3.8, 4) is 5.75 Å². The average Bonchev–Trinajstić information content (AvgIpc) is 3.20. The maximum atomic E-state index is 14.7. The van der Waals surface area contributed by atoms with Crippen molar-refractivity contribution in [2.45, 2.75) is 45.2 Å². The van der Waals surface area contributed by atoms with Crippen LogP contribution >= 0.6 is 11.6 Å². The molecule has 1 aliphatic rings. The Morgan fingerprint density at radius 1 is 1.45 bits per heavy atom. The lowest BCUT2D eigenvalue weighted by molar-refractivity contribution is 0.259. The first-order valence-corrected chi connectivity index (χ1v) is 10.2. The van der Waals surface area contributed by atoms with Crippen LogP contribution in [0.1, 0.15) is 39.2 Å². The molecule has 0 spiro atoms. The van der Waals surface area contributed by atoms with Crippen molar-refractivity contribution in [1.82, 2.24) is 0 Å². The fraction of sp³-hybridized carbons (Fsp3) is 0.500. The molecule has 0 heterocycles. The molecule has 3 nitrogen and oxygen atoms in total. The van der Waals surface area contributed by atoms with Crippen LogP contribution in [-0.2, 0) is 0 Å². The number of hydrogen-bond donors (Lipinski definition) is 1. The van der Waals surface area contributed by atoms with E-state index >= 15 is 0 Å². The molecule has 1 aromatic rings. The van der Waals surface area contributed by atoms with Gasteiger partial charge in [-0.15, -0.1) is 0 Å². The maximum absolute atomic E-state index is 14.7. The minimum Gasteiger partial charge on any atom is -0.530 e. The van der Waals surface area contributed by atoms with Crippen LogP contribution in [0.3, 0.4) is 0 Å². The number of halogens is 2. The molecule has 1 atom stereocenters. The lowest BCUT2D eigenvalue weighted by Gasteiger charge is -2.36. The normalized spacial score (nSPS) is 17.9. The number of rotatable bonds is 5. The summed E-state index contributed by atoms with van der Waals surface area (Å²) >= 11 is 6.11. The van der Waals surface area contributed by atoms with Gasteiger partial charge in [-0.25, -0.2) is 4.39 Å². The highest BCUT2D eigenvalue weighted by molar-refractivity contribution is 7.02. The Balaban J connectivity index is 2.40. The second-order valence-corrected chi connectivity index (χ2v) is 11.7. The van der Waals surface area contributed by atoms with E-state index in [0.29, 0.717) is 11.5 Å². The Morgan fingerprint density at radius 2 is 2.05 bits per heavy atom. The topological polar surface area (TPSA) is 52.3 Å². The van der Waals surface area contributed by atoms with E-state index in [2.05, 4.69) is 0 Å². The van der Waals surface area contributed by atoms with Crippen molar-refractivity contribution in [3.63, 3.8) is 0 Å². The molecule has 2 rings (SSSR count). The van der Waals surface area contributed by atoms with Crippen LogP contribution in [0.2, 0.25) is 16.6 Å². The first kappa shape index (κ1) is 17.3. The summed E-state index contributed by atoms with van der Waals surface area (Å²) in [4.78, 5) is 12.0. The largest absolute Gasteiger partial charge is 0.530 e. The van der Waals surface area contributed by atoms with E-state index in [-0.39, 0.29) is 10.8 Å². The first-order valence-electron chi connectivity index (χ1n) is 7.38. The van der Waals surface area contributed by atoms with Gasteiger partial charge in [-0.2, -0.15) is 0 Å². The Morgan fingerprint density at radius 3 is 2.50 bits per heavy atom. The number of hydrogen-bond acceptors (Lipinski definition) is 2. The monoisotopic (exact) mass is 342 g/mol. The molecule has 22 heavy (non-hydrogen) atoms. The zero-order valence-corrected chi connectivity index (χ0v) is 15.1. The van der Waals surface area contributed by atoms with Crippen LogP contribution in [-0.4, -0.2) is 13.8 Å². The molecule has 1 fully saturated rings. The molecule has 2 N–H and O–H groups in total. The van der Waals surface area contributed by atoms with Gasteiger partial charge in [0.2, 0.25) is 5.53 Å². The molecule has 0 bridgehead atoms. The molecule has 1 aromatic carbocycles. The van der Waals surface area contributed by atoms with Gasteiger partial charge in [0.1, 0.15) is 0 Å². The van der Waals surface area contributed by atoms with Crippen molar-refractivity contribution in [1.29, 1.82) is 0 Å². The minimum absolute atomic E-state index is 0.0565. The SMILES string of the molecule is CC(C)(C)[Si@@](C)(Oc1c(Cl)ccc([CH]C2CC2)c1F)C(N)=O. The quantitative estimate of drug-likeness (QED) is 0.777. The van der Waals surface area contributed by atoms with Crippen molar-refractivity contribution in [2.24, 2.45) is 11.7 Å². The number of amides is 1. The van der Waals surface area contributed by atoms with Gasteiger partial charge in [0.25, 0.3) is 0 Å². The van der Waals surface area contributed by atoms with Crippen molar-refractivity contribution in [2.75, 3.05) is 0 Å². The fourth-order valence-corrected chi connectivity index (χ4v) is 4.07. The van der Waals surface area contributed by atoms with Gasteiger partial charge >= 0.3 is 8.32 Å². The summed E-state index contributed by atoms with van der Waals surface area (Å²) in [6.07, 6.45) is 4.04. The van der Waals surface area contributed by atoms with Gasteiger partial charge < -0.3 is 10.2 Å². The van der Waals surface area contributed by atoms with E-state index < -0.39 is 24.7 Å². The Kier molecular flexibility index (Phi) is 4.60. The first-order chi connectivity index (χ1) is 10.1. The summed E-state index contributed by atoms with van der Waals surface area (Å²) in [5, 5.41) is -0.320. The summed E-state index contributed by atoms with van der Waals surface area (Å²) in [6, 6.07) is 3.25. The van der Waals surface area contributed by atoms with E-state index in [9.17, 15) is 9.18 Å². The molecule has 121 valence electrons. The second kappa shape index (κ2) is 5.85. The van der Waals surface area contributed by atoms with Gasteiger partial charge in [0.15, 0.2) is 11.6 Å². The summed E-state index contributed by atoms with van der Waals surface area (Å²) in [6.45, 7) is 7.31. The number of primary amides is 1.